The maximum absolute atomic E-state index is 9.51. The SMILES string of the molecule is C[C@H](N)C[C@@H](O)c1cccs1. The fourth-order valence-electron chi connectivity index (χ4n) is 0.949. The zero-order valence-electron chi connectivity index (χ0n) is 6.53. The number of hydrogen-bond donors (Lipinski definition) is 2. The van der Waals surface area contributed by atoms with E-state index in [2.05, 4.69) is 0 Å². The maximum Gasteiger partial charge on any atom is 0.0896 e. The van der Waals surface area contributed by atoms with Crippen molar-refractivity contribution in [1.82, 2.24) is 0 Å². The predicted octanol–water partition coefficient (Wildman–Crippen LogP) is 1.52. The molecular formula is C8H13NOS. The second kappa shape index (κ2) is 3.85. The van der Waals surface area contributed by atoms with Crippen LogP contribution in [0.15, 0.2) is 17.5 Å². The standard InChI is InChI=1S/C8H13NOS/c1-6(9)5-7(10)8-3-2-4-11-8/h2-4,6-7,10H,5,9H2,1H3/t6-,7+/m0/s1. The van der Waals surface area contributed by atoms with E-state index in [4.69, 9.17) is 5.73 Å². The van der Waals surface area contributed by atoms with Gasteiger partial charge in [-0.1, -0.05) is 6.07 Å². The Hall–Kier alpha value is -0.380. The summed E-state index contributed by atoms with van der Waals surface area (Å²) in [7, 11) is 0. The van der Waals surface area contributed by atoms with Gasteiger partial charge in [-0.25, -0.2) is 0 Å². The van der Waals surface area contributed by atoms with Crippen molar-refractivity contribution in [3.05, 3.63) is 22.4 Å². The highest BCUT2D eigenvalue weighted by molar-refractivity contribution is 7.10. The van der Waals surface area contributed by atoms with Crippen molar-refractivity contribution in [2.75, 3.05) is 0 Å². The molecule has 3 N–H and O–H groups in total. The second-order valence-electron chi connectivity index (χ2n) is 2.74. The van der Waals surface area contributed by atoms with Crippen molar-refractivity contribution >= 4 is 11.3 Å². The molecule has 0 aromatic carbocycles. The topological polar surface area (TPSA) is 46.2 Å². The summed E-state index contributed by atoms with van der Waals surface area (Å²) in [5, 5.41) is 11.5. The van der Waals surface area contributed by atoms with Crippen LogP contribution in [0.3, 0.4) is 0 Å². The third-order valence-corrected chi connectivity index (χ3v) is 2.44. The van der Waals surface area contributed by atoms with Gasteiger partial charge < -0.3 is 10.8 Å². The molecule has 0 aliphatic carbocycles. The van der Waals surface area contributed by atoms with E-state index in [1.165, 1.54) is 0 Å². The van der Waals surface area contributed by atoms with Crippen LogP contribution >= 0.6 is 11.3 Å². The lowest BCUT2D eigenvalue weighted by Crippen LogP contribution is -2.17. The van der Waals surface area contributed by atoms with Gasteiger partial charge >= 0.3 is 0 Å². The first-order valence-electron chi connectivity index (χ1n) is 3.67. The first kappa shape index (κ1) is 8.71. The fraction of sp³-hybridized carbons (Fsp3) is 0.500. The number of aliphatic hydroxyl groups excluding tert-OH is 1. The van der Waals surface area contributed by atoms with Crippen molar-refractivity contribution in [3.8, 4) is 0 Å². The molecule has 0 amide bonds. The lowest BCUT2D eigenvalue weighted by atomic mass is 10.1. The first-order valence-corrected chi connectivity index (χ1v) is 4.55. The van der Waals surface area contributed by atoms with E-state index in [1.54, 1.807) is 11.3 Å². The number of aliphatic hydroxyl groups is 1. The van der Waals surface area contributed by atoms with Gasteiger partial charge in [0.25, 0.3) is 0 Å². The first-order chi connectivity index (χ1) is 5.20. The monoisotopic (exact) mass is 171 g/mol. The molecular weight excluding hydrogens is 158 g/mol. The summed E-state index contributed by atoms with van der Waals surface area (Å²) in [4.78, 5) is 1.00. The molecule has 1 heterocycles. The molecule has 0 saturated heterocycles. The third-order valence-electron chi connectivity index (χ3n) is 1.47. The number of nitrogens with two attached hydrogens (primary N) is 1. The van der Waals surface area contributed by atoms with Crippen LogP contribution < -0.4 is 5.73 Å². The Morgan fingerprint density at radius 3 is 2.91 bits per heavy atom. The van der Waals surface area contributed by atoms with Crippen LogP contribution in [-0.4, -0.2) is 11.1 Å². The number of rotatable bonds is 3. The Morgan fingerprint density at radius 1 is 1.73 bits per heavy atom. The zero-order chi connectivity index (χ0) is 8.27. The average molecular weight is 171 g/mol. The van der Waals surface area contributed by atoms with Gasteiger partial charge in [0, 0.05) is 10.9 Å². The van der Waals surface area contributed by atoms with Crippen LogP contribution in [-0.2, 0) is 0 Å². The maximum atomic E-state index is 9.51. The molecule has 1 aromatic heterocycles. The van der Waals surface area contributed by atoms with E-state index in [1.807, 2.05) is 24.4 Å². The highest BCUT2D eigenvalue weighted by Gasteiger charge is 2.09. The molecule has 62 valence electrons. The van der Waals surface area contributed by atoms with Crippen LogP contribution in [0, 0.1) is 0 Å². The van der Waals surface area contributed by atoms with Gasteiger partial charge in [0.05, 0.1) is 6.10 Å². The molecule has 0 saturated carbocycles. The van der Waals surface area contributed by atoms with Gasteiger partial charge in [0.2, 0.25) is 0 Å². The molecule has 2 nitrogen and oxygen atoms in total. The minimum Gasteiger partial charge on any atom is -0.388 e. The Morgan fingerprint density at radius 2 is 2.45 bits per heavy atom. The molecule has 0 radical (unpaired) electrons. The smallest absolute Gasteiger partial charge is 0.0896 e. The molecule has 2 atom stereocenters. The minimum atomic E-state index is -0.380. The Kier molecular flexibility index (Phi) is 3.05. The summed E-state index contributed by atoms with van der Waals surface area (Å²) in [5.74, 6) is 0. The molecule has 1 aromatic rings. The zero-order valence-corrected chi connectivity index (χ0v) is 7.34. The van der Waals surface area contributed by atoms with Crippen molar-refractivity contribution in [2.45, 2.75) is 25.5 Å². The minimum absolute atomic E-state index is 0.0621. The van der Waals surface area contributed by atoms with Gasteiger partial charge in [-0.15, -0.1) is 11.3 Å². The van der Waals surface area contributed by atoms with E-state index < -0.39 is 0 Å². The Labute approximate surface area is 70.7 Å². The van der Waals surface area contributed by atoms with Crippen LogP contribution in [0.2, 0.25) is 0 Å². The summed E-state index contributed by atoms with van der Waals surface area (Å²) in [6.45, 7) is 1.90. The lowest BCUT2D eigenvalue weighted by molar-refractivity contribution is 0.164. The largest absolute Gasteiger partial charge is 0.388 e. The Balaban J connectivity index is 2.49. The fourth-order valence-corrected chi connectivity index (χ4v) is 1.67. The molecule has 0 fully saturated rings. The average Bonchev–Trinajstić information content (AvgIpc) is 2.35. The van der Waals surface area contributed by atoms with E-state index in [0.717, 1.165) is 4.88 Å². The molecule has 1 rings (SSSR count). The van der Waals surface area contributed by atoms with E-state index >= 15 is 0 Å². The van der Waals surface area contributed by atoms with Crippen molar-refractivity contribution < 1.29 is 5.11 Å². The van der Waals surface area contributed by atoms with Crippen molar-refractivity contribution in [2.24, 2.45) is 5.73 Å². The van der Waals surface area contributed by atoms with Gasteiger partial charge in [-0.2, -0.15) is 0 Å². The van der Waals surface area contributed by atoms with Gasteiger partial charge in [0.15, 0.2) is 0 Å². The summed E-state index contributed by atoms with van der Waals surface area (Å²) < 4.78 is 0. The molecule has 0 aliphatic heterocycles. The van der Waals surface area contributed by atoms with E-state index in [-0.39, 0.29) is 12.1 Å². The summed E-state index contributed by atoms with van der Waals surface area (Å²) in [6, 6.07) is 3.93. The van der Waals surface area contributed by atoms with Gasteiger partial charge in [-0.05, 0) is 24.8 Å². The van der Waals surface area contributed by atoms with Crippen LogP contribution in [0.25, 0.3) is 0 Å². The second-order valence-corrected chi connectivity index (χ2v) is 3.72. The normalized spacial score (nSPS) is 16.3. The van der Waals surface area contributed by atoms with Crippen LogP contribution in [0.4, 0.5) is 0 Å². The van der Waals surface area contributed by atoms with E-state index in [9.17, 15) is 5.11 Å². The predicted molar refractivity (Wildman–Crippen MR) is 47.5 cm³/mol. The molecule has 3 heteroatoms. The van der Waals surface area contributed by atoms with Crippen LogP contribution in [0.1, 0.15) is 24.3 Å². The lowest BCUT2D eigenvalue weighted by Gasteiger charge is -2.10. The van der Waals surface area contributed by atoms with Crippen LogP contribution in [0.5, 0.6) is 0 Å². The summed E-state index contributed by atoms with van der Waals surface area (Å²) in [5.41, 5.74) is 5.54. The van der Waals surface area contributed by atoms with Gasteiger partial charge in [-0.3, -0.25) is 0 Å². The van der Waals surface area contributed by atoms with Gasteiger partial charge in [0.1, 0.15) is 0 Å². The Bertz CT molecular complexity index is 196. The van der Waals surface area contributed by atoms with E-state index in [0.29, 0.717) is 6.42 Å². The molecule has 0 spiro atoms. The molecule has 11 heavy (non-hydrogen) atoms. The summed E-state index contributed by atoms with van der Waals surface area (Å²) >= 11 is 1.57. The molecule has 0 bridgehead atoms. The molecule has 0 aliphatic rings. The highest BCUT2D eigenvalue weighted by atomic mass is 32.1. The third kappa shape index (κ3) is 2.61. The number of hydrogen-bond acceptors (Lipinski definition) is 3. The number of thiophene rings is 1. The van der Waals surface area contributed by atoms with Crippen molar-refractivity contribution in [3.63, 3.8) is 0 Å². The molecule has 0 unspecified atom stereocenters. The summed E-state index contributed by atoms with van der Waals surface area (Å²) in [6.07, 6.45) is 0.260. The van der Waals surface area contributed by atoms with Crippen molar-refractivity contribution in [1.29, 1.82) is 0 Å². The highest BCUT2D eigenvalue weighted by Crippen LogP contribution is 2.21. The quantitative estimate of drug-likeness (QED) is 0.724.